The van der Waals surface area contributed by atoms with Crippen molar-refractivity contribution in [3.05, 3.63) is 28.9 Å². The summed E-state index contributed by atoms with van der Waals surface area (Å²) in [5, 5.41) is 1.24. The van der Waals surface area contributed by atoms with E-state index in [0.717, 1.165) is 16.8 Å². The molecule has 0 atom stereocenters. The quantitative estimate of drug-likeness (QED) is 0.544. The molecule has 0 spiro atoms. The summed E-state index contributed by atoms with van der Waals surface area (Å²) in [6.07, 6.45) is 0. The van der Waals surface area contributed by atoms with E-state index in [1.54, 1.807) is 6.07 Å². The maximum Gasteiger partial charge on any atom is 0.198 e. The highest BCUT2D eigenvalue weighted by Crippen LogP contribution is 2.27. The highest BCUT2D eigenvalue weighted by molar-refractivity contribution is 9.10. The number of benzene rings is 1. The van der Waals surface area contributed by atoms with E-state index in [2.05, 4.69) is 35.9 Å². The largest absolute Gasteiger partial charge is 0.494 e. The van der Waals surface area contributed by atoms with Crippen LogP contribution in [0.15, 0.2) is 39.2 Å². The second-order valence-corrected chi connectivity index (χ2v) is 5.92. The number of H-pyrrole nitrogens is 1. The van der Waals surface area contributed by atoms with Gasteiger partial charge in [-0.3, -0.25) is 0 Å². The minimum absolute atomic E-state index is 0.411. The molecule has 0 aliphatic carbocycles. The normalized spacial score (nSPS) is 11.0. The molecule has 0 radical (unpaired) electrons. The summed E-state index contributed by atoms with van der Waals surface area (Å²) in [7, 11) is 0. The Morgan fingerprint density at radius 1 is 1.29 bits per heavy atom. The Morgan fingerprint density at radius 2 is 2.14 bits per heavy atom. The van der Waals surface area contributed by atoms with E-state index >= 15 is 0 Å². The lowest BCUT2D eigenvalue weighted by Crippen LogP contribution is -1.94. The maximum absolute atomic E-state index is 5.70. The second kappa shape index (κ2) is 5.90. The minimum Gasteiger partial charge on any atom is -0.494 e. The van der Waals surface area contributed by atoms with Crippen LogP contribution in [0, 0.1) is 0 Å². The van der Waals surface area contributed by atoms with Crippen LogP contribution in [0.3, 0.4) is 0 Å². The van der Waals surface area contributed by atoms with Crippen LogP contribution in [0.4, 0.5) is 5.82 Å². The van der Waals surface area contributed by atoms with E-state index in [1.165, 1.54) is 11.8 Å². The fourth-order valence-corrected chi connectivity index (χ4v) is 3.11. The van der Waals surface area contributed by atoms with E-state index in [1.807, 2.05) is 25.1 Å². The molecule has 0 saturated carbocycles. The third kappa shape index (κ3) is 3.27. The lowest BCUT2D eigenvalue weighted by atomic mass is 10.3. The van der Waals surface area contributed by atoms with Crippen molar-refractivity contribution < 1.29 is 4.74 Å². The monoisotopic (exact) mass is 365 g/mol. The van der Waals surface area contributed by atoms with Gasteiger partial charge in [0.25, 0.3) is 0 Å². The predicted octanol–water partition coefficient (Wildman–Crippen LogP) is 3.25. The summed E-state index contributed by atoms with van der Waals surface area (Å²) < 4.78 is 6.12. The Labute approximate surface area is 133 Å². The number of aromatic nitrogens is 4. The van der Waals surface area contributed by atoms with Gasteiger partial charge in [0.2, 0.25) is 0 Å². The fraction of sp³-hybridized carbons (Fsp3) is 0.154. The Hall–Kier alpha value is -1.80. The van der Waals surface area contributed by atoms with E-state index in [9.17, 15) is 0 Å². The Morgan fingerprint density at radius 3 is 2.90 bits per heavy atom. The number of nitrogens with one attached hydrogen (secondary N) is 1. The van der Waals surface area contributed by atoms with E-state index in [-0.39, 0.29) is 0 Å². The maximum atomic E-state index is 5.70. The van der Waals surface area contributed by atoms with E-state index in [4.69, 9.17) is 10.5 Å². The summed E-state index contributed by atoms with van der Waals surface area (Å²) in [5.74, 6) is 1.22. The molecule has 0 amide bonds. The van der Waals surface area contributed by atoms with Gasteiger partial charge < -0.3 is 15.5 Å². The third-order valence-corrected chi connectivity index (χ3v) is 3.78. The molecule has 8 heteroatoms. The zero-order valence-corrected chi connectivity index (χ0v) is 13.5. The van der Waals surface area contributed by atoms with Crippen LogP contribution in [0.25, 0.3) is 11.0 Å². The molecule has 0 aliphatic rings. The number of nitrogen functional groups attached to an aromatic ring is 1. The number of halogens is 1. The number of imidazole rings is 1. The van der Waals surface area contributed by atoms with Gasteiger partial charge in [0, 0.05) is 12.1 Å². The zero-order valence-electron chi connectivity index (χ0n) is 11.1. The van der Waals surface area contributed by atoms with E-state index < -0.39 is 0 Å². The number of hydrogen-bond donors (Lipinski definition) is 2. The number of nitrogens with zero attached hydrogens (tertiary/aromatic N) is 3. The van der Waals surface area contributed by atoms with Gasteiger partial charge in [0.05, 0.1) is 17.6 Å². The van der Waals surface area contributed by atoms with Crippen LogP contribution < -0.4 is 10.5 Å². The van der Waals surface area contributed by atoms with E-state index in [0.29, 0.717) is 27.3 Å². The van der Waals surface area contributed by atoms with Crippen molar-refractivity contribution in [3.8, 4) is 5.75 Å². The average molecular weight is 366 g/mol. The van der Waals surface area contributed by atoms with Crippen molar-refractivity contribution in [2.24, 2.45) is 0 Å². The predicted molar refractivity (Wildman–Crippen MR) is 85.5 cm³/mol. The summed E-state index contributed by atoms with van der Waals surface area (Å²) in [6.45, 7) is 2.58. The first-order chi connectivity index (χ1) is 10.1. The van der Waals surface area contributed by atoms with Crippen molar-refractivity contribution in [1.82, 2.24) is 19.9 Å². The molecule has 3 aromatic rings. The SMILES string of the molecule is CCOc1ccc2nc(Sc3nc(N)cc(Br)n3)[nH]c2c1. The first-order valence-electron chi connectivity index (χ1n) is 6.24. The molecule has 3 rings (SSSR count). The third-order valence-electron chi connectivity index (χ3n) is 2.62. The van der Waals surface area contributed by atoms with Crippen molar-refractivity contribution in [3.63, 3.8) is 0 Å². The molecule has 2 aromatic heterocycles. The van der Waals surface area contributed by atoms with Crippen molar-refractivity contribution in [2.45, 2.75) is 17.2 Å². The highest BCUT2D eigenvalue weighted by atomic mass is 79.9. The standard InChI is InChI=1S/C13H12BrN5OS/c1-2-20-7-3-4-8-9(5-7)17-12(16-8)21-13-18-10(14)6-11(15)19-13/h3-6H,2H2,1H3,(H,16,17)(H2,15,18,19). The van der Waals surface area contributed by atoms with Crippen molar-refractivity contribution >= 4 is 44.5 Å². The van der Waals surface area contributed by atoms with Crippen LogP contribution in [0.2, 0.25) is 0 Å². The number of aromatic amines is 1. The first-order valence-corrected chi connectivity index (χ1v) is 7.85. The molecule has 3 N–H and O–H groups in total. The molecule has 6 nitrogen and oxygen atoms in total. The van der Waals surface area contributed by atoms with Gasteiger partial charge in [-0.25, -0.2) is 15.0 Å². The Bertz CT molecular complexity index is 771. The van der Waals surface area contributed by atoms with Crippen LogP contribution in [0.1, 0.15) is 6.92 Å². The van der Waals surface area contributed by atoms with Gasteiger partial charge in [-0.1, -0.05) is 0 Å². The molecule has 0 bridgehead atoms. The fourth-order valence-electron chi connectivity index (χ4n) is 1.82. The first kappa shape index (κ1) is 14.2. The van der Waals surface area contributed by atoms with Gasteiger partial charge in [-0.05, 0) is 46.7 Å². The molecule has 2 heterocycles. The molecule has 21 heavy (non-hydrogen) atoms. The number of rotatable bonds is 4. The number of ether oxygens (including phenoxy) is 1. The molecule has 0 aliphatic heterocycles. The van der Waals surface area contributed by atoms with Gasteiger partial charge >= 0.3 is 0 Å². The smallest absolute Gasteiger partial charge is 0.198 e. The van der Waals surface area contributed by atoms with Gasteiger partial charge in [0.15, 0.2) is 10.3 Å². The highest BCUT2D eigenvalue weighted by Gasteiger charge is 2.09. The lowest BCUT2D eigenvalue weighted by Gasteiger charge is -2.00. The van der Waals surface area contributed by atoms with Crippen LogP contribution >= 0.6 is 27.7 Å². The summed E-state index contributed by atoms with van der Waals surface area (Å²) in [6, 6.07) is 7.38. The summed E-state index contributed by atoms with van der Waals surface area (Å²) >= 11 is 4.62. The molecule has 0 fully saturated rings. The van der Waals surface area contributed by atoms with Crippen LogP contribution in [-0.2, 0) is 0 Å². The van der Waals surface area contributed by atoms with Gasteiger partial charge in [-0.15, -0.1) is 0 Å². The average Bonchev–Trinajstić information content (AvgIpc) is 2.79. The number of hydrogen-bond acceptors (Lipinski definition) is 6. The number of nitrogens with two attached hydrogens (primary N) is 1. The Balaban J connectivity index is 1.90. The topological polar surface area (TPSA) is 89.7 Å². The second-order valence-electron chi connectivity index (χ2n) is 4.15. The Kier molecular flexibility index (Phi) is 3.98. The van der Waals surface area contributed by atoms with Crippen LogP contribution in [-0.4, -0.2) is 26.5 Å². The lowest BCUT2D eigenvalue weighted by molar-refractivity contribution is 0.340. The molecule has 108 valence electrons. The molecular formula is C13H12BrN5OS. The van der Waals surface area contributed by atoms with Crippen molar-refractivity contribution in [1.29, 1.82) is 0 Å². The number of anilines is 1. The molecule has 0 saturated heterocycles. The van der Waals surface area contributed by atoms with Crippen molar-refractivity contribution in [2.75, 3.05) is 12.3 Å². The zero-order chi connectivity index (χ0) is 14.8. The molecular weight excluding hydrogens is 354 g/mol. The minimum atomic E-state index is 0.411. The number of fused-ring (bicyclic) bond motifs is 1. The summed E-state index contributed by atoms with van der Waals surface area (Å²) in [5.41, 5.74) is 7.47. The molecule has 0 unspecified atom stereocenters. The molecule has 1 aromatic carbocycles. The van der Waals surface area contributed by atoms with Gasteiger partial charge in [0.1, 0.15) is 16.2 Å². The van der Waals surface area contributed by atoms with Gasteiger partial charge in [-0.2, -0.15) is 0 Å². The summed E-state index contributed by atoms with van der Waals surface area (Å²) in [4.78, 5) is 16.1. The van der Waals surface area contributed by atoms with Crippen LogP contribution in [0.5, 0.6) is 5.75 Å².